The number of rotatable bonds is 2. The molecule has 1 aromatic heterocycles. The van der Waals surface area contributed by atoms with Crippen LogP contribution in [0.25, 0.3) is 0 Å². The second-order valence-electron chi connectivity index (χ2n) is 2.36. The molecule has 0 atom stereocenters. The Morgan fingerprint density at radius 3 is 2.46 bits per heavy atom. The fourth-order valence-electron chi connectivity index (χ4n) is 0.878. The summed E-state index contributed by atoms with van der Waals surface area (Å²) >= 11 is 1.64. The van der Waals surface area contributed by atoms with Crippen LogP contribution in [0.5, 0.6) is 0 Å². The topological polar surface area (TPSA) is 17.1 Å². The van der Waals surface area contributed by atoms with Crippen molar-refractivity contribution in [3.05, 3.63) is 45.9 Å². The molecular weight excluding hydrogens is 220 g/mol. The number of hydrogen-bond donors (Lipinski definition) is 0. The van der Waals surface area contributed by atoms with Crippen LogP contribution in [0.2, 0.25) is 0 Å². The van der Waals surface area contributed by atoms with Gasteiger partial charge in [-0.2, -0.15) is 0 Å². The zero-order valence-electron chi connectivity index (χ0n) is 6.60. The molecule has 0 N–H and O–H groups in total. The lowest BCUT2D eigenvalue weighted by molar-refractivity contribution is 1.46. The van der Waals surface area contributed by atoms with E-state index in [0.29, 0.717) is 0 Å². The first-order valence-corrected chi connectivity index (χ1v) is 6.64. The molecular formula is C9H6OS3. The summed E-state index contributed by atoms with van der Waals surface area (Å²) in [7, 11) is 2.83. The first-order chi connectivity index (χ1) is 6.34. The molecule has 13 heavy (non-hydrogen) atoms. The molecule has 0 saturated heterocycles. The molecule has 2 aromatic rings. The van der Waals surface area contributed by atoms with Crippen LogP contribution in [0.4, 0.5) is 0 Å². The van der Waals surface area contributed by atoms with Crippen LogP contribution in [0.1, 0.15) is 0 Å². The second-order valence-corrected chi connectivity index (χ2v) is 5.91. The Kier molecular flexibility index (Phi) is 2.83. The van der Waals surface area contributed by atoms with E-state index in [4.69, 9.17) is 0 Å². The van der Waals surface area contributed by atoms with Gasteiger partial charge in [-0.05, 0) is 22.5 Å². The van der Waals surface area contributed by atoms with E-state index in [9.17, 15) is 4.79 Å². The standard InChI is InChI=1S/C9H6OS3/c10-8-6-9(13-12-8)11-7-4-2-1-3-5-7/h1-6H. The molecule has 0 unspecified atom stereocenters. The van der Waals surface area contributed by atoms with Gasteiger partial charge in [-0.25, -0.2) is 0 Å². The summed E-state index contributed by atoms with van der Waals surface area (Å²) in [6, 6.07) is 11.8. The lowest BCUT2D eigenvalue weighted by Crippen LogP contribution is -1.80. The van der Waals surface area contributed by atoms with E-state index in [-0.39, 0.29) is 4.74 Å². The van der Waals surface area contributed by atoms with Crippen molar-refractivity contribution in [3.63, 3.8) is 0 Å². The predicted molar refractivity (Wildman–Crippen MR) is 59.0 cm³/mol. The van der Waals surface area contributed by atoms with E-state index in [1.165, 1.54) is 25.6 Å². The van der Waals surface area contributed by atoms with Crippen LogP contribution >= 0.6 is 32.4 Å². The molecule has 0 radical (unpaired) electrons. The Morgan fingerprint density at radius 2 is 1.85 bits per heavy atom. The van der Waals surface area contributed by atoms with Gasteiger partial charge in [-0.1, -0.05) is 40.3 Å². The van der Waals surface area contributed by atoms with Gasteiger partial charge in [0.1, 0.15) is 0 Å². The van der Waals surface area contributed by atoms with Gasteiger partial charge in [0.15, 0.2) is 0 Å². The first-order valence-electron chi connectivity index (χ1n) is 3.68. The van der Waals surface area contributed by atoms with Crippen molar-refractivity contribution in [1.29, 1.82) is 0 Å². The van der Waals surface area contributed by atoms with Gasteiger partial charge < -0.3 is 0 Å². The maximum Gasteiger partial charge on any atom is 0.244 e. The zero-order valence-corrected chi connectivity index (χ0v) is 9.05. The molecule has 0 aliphatic heterocycles. The molecule has 1 heterocycles. The quantitative estimate of drug-likeness (QED) is 0.731. The van der Waals surface area contributed by atoms with Crippen molar-refractivity contribution in [3.8, 4) is 0 Å². The molecule has 2 rings (SSSR count). The summed E-state index contributed by atoms with van der Waals surface area (Å²) in [5.74, 6) is 0. The lowest BCUT2D eigenvalue weighted by Gasteiger charge is -1.94. The third-order valence-corrected chi connectivity index (χ3v) is 4.98. The number of benzene rings is 1. The Morgan fingerprint density at radius 1 is 1.08 bits per heavy atom. The van der Waals surface area contributed by atoms with Gasteiger partial charge in [-0.3, -0.25) is 4.79 Å². The third-order valence-electron chi connectivity index (χ3n) is 1.40. The highest BCUT2D eigenvalue weighted by Gasteiger charge is 1.99. The van der Waals surface area contributed by atoms with Gasteiger partial charge in [0.05, 0.1) is 4.21 Å². The van der Waals surface area contributed by atoms with Crippen LogP contribution in [0.3, 0.4) is 0 Å². The van der Waals surface area contributed by atoms with E-state index in [2.05, 4.69) is 0 Å². The summed E-state index contributed by atoms with van der Waals surface area (Å²) < 4.78 is 1.21. The number of hydrogen-bond acceptors (Lipinski definition) is 4. The predicted octanol–water partition coefficient (Wildman–Crippen LogP) is 3.32. The fourth-order valence-corrected chi connectivity index (χ4v) is 4.02. The average molecular weight is 226 g/mol. The molecule has 4 heteroatoms. The van der Waals surface area contributed by atoms with Gasteiger partial charge in [0, 0.05) is 11.0 Å². The van der Waals surface area contributed by atoms with Crippen molar-refractivity contribution in [2.24, 2.45) is 0 Å². The summed E-state index contributed by atoms with van der Waals surface area (Å²) in [6.45, 7) is 0. The summed E-state index contributed by atoms with van der Waals surface area (Å²) in [6.07, 6.45) is 0. The van der Waals surface area contributed by atoms with Gasteiger partial charge in [0.25, 0.3) is 0 Å². The van der Waals surface area contributed by atoms with Gasteiger partial charge in [0.2, 0.25) is 4.74 Å². The summed E-state index contributed by atoms with van der Waals surface area (Å²) in [5, 5.41) is 0. The normalized spacial score (nSPS) is 10.2. The van der Waals surface area contributed by atoms with Crippen LogP contribution in [-0.2, 0) is 0 Å². The van der Waals surface area contributed by atoms with Crippen LogP contribution in [0, 0.1) is 0 Å². The smallest absolute Gasteiger partial charge is 0.244 e. The molecule has 0 fully saturated rings. The lowest BCUT2D eigenvalue weighted by atomic mass is 10.4. The summed E-state index contributed by atoms with van der Waals surface area (Å²) in [4.78, 5) is 12.1. The largest absolute Gasteiger partial charge is 0.277 e. The molecule has 66 valence electrons. The van der Waals surface area contributed by atoms with E-state index in [0.717, 1.165) is 4.21 Å². The Bertz CT molecular complexity index is 429. The highest BCUT2D eigenvalue weighted by molar-refractivity contribution is 8.02. The van der Waals surface area contributed by atoms with E-state index < -0.39 is 0 Å². The Labute approximate surface area is 87.4 Å². The zero-order chi connectivity index (χ0) is 9.10. The second kappa shape index (κ2) is 4.09. The first kappa shape index (κ1) is 8.99. The minimum Gasteiger partial charge on any atom is -0.277 e. The monoisotopic (exact) mass is 226 g/mol. The molecule has 1 nitrogen and oxygen atoms in total. The minimum absolute atomic E-state index is 0.142. The molecule has 0 spiro atoms. The Balaban J connectivity index is 2.20. The van der Waals surface area contributed by atoms with Crippen molar-refractivity contribution >= 4 is 32.4 Å². The van der Waals surface area contributed by atoms with Crippen LogP contribution < -0.4 is 4.74 Å². The van der Waals surface area contributed by atoms with Crippen molar-refractivity contribution < 1.29 is 0 Å². The van der Waals surface area contributed by atoms with Crippen LogP contribution in [0.15, 0.2) is 50.3 Å². The van der Waals surface area contributed by atoms with Crippen molar-refractivity contribution in [2.75, 3.05) is 0 Å². The highest BCUT2D eigenvalue weighted by Crippen LogP contribution is 2.30. The molecule has 0 aliphatic rings. The maximum absolute atomic E-state index is 10.9. The molecule has 0 saturated carbocycles. The van der Waals surface area contributed by atoms with E-state index in [1.54, 1.807) is 17.8 Å². The van der Waals surface area contributed by atoms with E-state index in [1.807, 2.05) is 30.3 Å². The molecule has 0 bridgehead atoms. The third kappa shape index (κ3) is 2.43. The fraction of sp³-hybridized carbons (Fsp3) is 0. The molecule has 1 aromatic carbocycles. The minimum atomic E-state index is 0.142. The Hall–Kier alpha value is -0.580. The van der Waals surface area contributed by atoms with Crippen molar-refractivity contribution in [1.82, 2.24) is 0 Å². The SMILES string of the molecule is O=c1cc(Sc2ccccc2)ss1. The average Bonchev–Trinajstić information content (AvgIpc) is 2.53. The van der Waals surface area contributed by atoms with Gasteiger partial charge in [-0.15, -0.1) is 0 Å². The van der Waals surface area contributed by atoms with Crippen LogP contribution in [-0.4, -0.2) is 0 Å². The maximum atomic E-state index is 10.9. The molecule has 0 aliphatic carbocycles. The molecule has 0 amide bonds. The highest BCUT2D eigenvalue weighted by atomic mass is 32.9. The van der Waals surface area contributed by atoms with E-state index >= 15 is 0 Å². The van der Waals surface area contributed by atoms with Gasteiger partial charge >= 0.3 is 0 Å². The summed E-state index contributed by atoms with van der Waals surface area (Å²) in [5.41, 5.74) is 0. The van der Waals surface area contributed by atoms with Crippen molar-refractivity contribution in [2.45, 2.75) is 9.10 Å².